The summed E-state index contributed by atoms with van der Waals surface area (Å²) in [4.78, 5) is 0. The van der Waals surface area contributed by atoms with Gasteiger partial charge in [-0.2, -0.15) is 0 Å². The van der Waals surface area contributed by atoms with E-state index in [-0.39, 0.29) is 0 Å². The van der Waals surface area contributed by atoms with Crippen molar-refractivity contribution in [1.82, 2.24) is 0 Å². The van der Waals surface area contributed by atoms with Crippen molar-refractivity contribution in [2.75, 3.05) is 0 Å². The van der Waals surface area contributed by atoms with Crippen molar-refractivity contribution in [3.05, 3.63) is 42.0 Å². The van der Waals surface area contributed by atoms with Gasteiger partial charge in [-0.25, -0.2) is 0 Å². The van der Waals surface area contributed by atoms with E-state index in [4.69, 9.17) is 0 Å². The molecule has 1 rings (SSSR count). The van der Waals surface area contributed by atoms with E-state index in [1.54, 1.807) is 0 Å². The summed E-state index contributed by atoms with van der Waals surface area (Å²) in [6.07, 6.45) is 0. The van der Waals surface area contributed by atoms with E-state index in [9.17, 15) is 0 Å². The largest absolute Gasteiger partial charge is 0.100 e. The fraction of sp³-hybridized carbons (Fsp3) is 0.111. The smallest absolute Gasteiger partial charge is 0.0711 e. The second kappa shape index (κ2) is 2.84. The molecule has 0 N–H and O–H groups in total. The molecule has 1 aromatic carbocycles. The maximum absolute atomic E-state index is 3.78. The van der Waals surface area contributed by atoms with Crippen LogP contribution in [-0.4, -0.2) is 10.2 Å². The molecule has 1 heteroatoms. The molecule has 0 aliphatic rings. The minimum Gasteiger partial charge on any atom is -0.100 e. The van der Waals surface area contributed by atoms with E-state index in [1.807, 2.05) is 12.1 Å². The van der Waals surface area contributed by atoms with Crippen molar-refractivity contribution < 1.29 is 0 Å². The molecule has 0 heterocycles. The maximum atomic E-state index is 3.78. The lowest BCUT2D eigenvalue weighted by Gasteiger charge is -1.98. The molecule has 3 radical (unpaired) electrons. The summed E-state index contributed by atoms with van der Waals surface area (Å²) in [6, 6.07) is 8.21. The second-order valence-electron chi connectivity index (χ2n) is 2.35. The van der Waals surface area contributed by atoms with Crippen LogP contribution in [0.4, 0.5) is 0 Å². The van der Waals surface area contributed by atoms with Crippen molar-refractivity contribution in [3.63, 3.8) is 0 Å². The maximum Gasteiger partial charge on any atom is 0.0711 e. The van der Waals surface area contributed by atoms with Crippen LogP contribution < -0.4 is 0 Å². The van der Waals surface area contributed by atoms with Gasteiger partial charge >= 0.3 is 0 Å². The molecule has 0 amide bonds. The van der Waals surface area contributed by atoms with E-state index in [0.717, 1.165) is 10.8 Å². The molecule has 0 bridgehead atoms. The Bertz CT molecular complexity index is 251. The van der Waals surface area contributed by atoms with Crippen LogP contribution >= 0.6 is 0 Å². The first-order valence-electron chi connectivity index (χ1n) is 3.17. The van der Waals surface area contributed by atoms with E-state index >= 15 is 0 Å². The molecule has 1 aromatic rings. The molecule has 49 valence electrons. The number of hydrogen-bond acceptors (Lipinski definition) is 0. The summed E-state index contributed by atoms with van der Waals surface area (Å²) in [5, 5.41) is 0.934. The van der Waals surface area contributed by atoms with E-state index in [1.165, 1.54) is 5.56 Å². The highest BCUT2D eigenvalue weighted by atomic mass is 28.1. The molecule has 0 aliphatic heterocycles. The first kappa shape index (κ1) is 7.29. The zero-order chi connectivity index (χ0) is 7.56. The predicted octanol–water partition coefficient (Wildman–Crippen LogP) is 2.13. The van der Waals surface area contributed by atoms with Crippen molar-refractivity contribution in [2.24, 2.45) is 0 Å². The second-order valence-corrected chi connectivity index (χ2v) is 2.95. The first-order valence-corrected chi connectivity index (χ1v) is 3.67. The first-order chi connectivity index (χ1) is 4.70. The molecule has 0 aromatic heterocycles. The number of rotatable bonds is 1. The molecule has 0 nitrogen and oxygen atoms in total. The van der Waals surface area contributed by atoms with E-state index in [2.05, 4.69) is 35.9 Å². The van der Waals surface area contributed by atoms with Crippen LogP contribution in [0.15, 0.2) is 30.8 Å². The normalized spacial score (nSPS) is 9.40. The van der Waals surface area contributed by atoms with Gasteiger partial charge in [-0.1, -0.05) is 35.0 Å². The number of aryl methyl sites for hydroxylation is 1. The van der Waals surface area contributed by atoms with Gasteiger partial charge in [0.05, 0.1) is 10.2 Å². The molecule has 0 saturated heterocycles. The molecular weight excluding hydrogens is 136 g/mol. The van der Waals surface area contributed by atoms with Gasteiger partial charge in [-0.15, -0.1) is 6.58 Å². The Kier molecular flexibility index (Phi) is 2.07. The SMILES string of the molecule is C=C([Si])c1cccc(C)c1. The molecule has 0 unspecified atom stereocenters. The standard InChI is InChI=1S/C9H9Si/c1-7-4-3-5-9(6-7)8(2)10/h3-6H,2H2,1H3. The summed E-state index contributed by atoms with van der Waals surface area (Å²) in [7, 11) is 3.37. The molecule has 10 heavy (non-hydrogen) atoms. The Balaban J connectivity index is 3.07. The summed E-state index contributed by atoms with van der Waals surface area (Å²) < 4.78 is 0. The fourth-order valence-corrected chi connectivity index (χ4v) is 0.988. The molecule has 0 aliphatic carbocycles. The highest BCUT2D eigenvalue weighted by Gasteiger charge is 1.90. The van der Waals surface area contributed by atoms with Gasteiger partial charge < -0.3 is 0 Å². The lowest BCUT2D eigenvalue weighted by molar-refractivity contribution is 1.46. The van der Waals surface area contributed by atoms with Gasteiger partial charge in [0, 0.05) is 0 Å². The van der Waals surface area contributed by atoms with Crippen LogP contribution in [0.1, 0.15) is 11.1 Å². The van der Waals surface area contributed by atoms with Gasteiger partial charge in [-0.3, -0.25) is 0 Å². The Morgan fingerprint density at radius 1 is 1.50 bits per heavy atom. The van der Waals surface area contributed by atoms with Crippen LogP contribution in [0.25, 0.3) is 5.20 Å². The third-order valence-corrected chi connectivity index (χ3v) is 1.66. The third kappa shape index (κ3) is 1.58. The topological polar surface area (TPSA) is 0 Å². The summed E-state index contributed by atoms with van der Waals surface area (Å²) in [6.45, 7) is 5.85. The van der Waals surface area contributed by atoms with E-state index in [0.29, 0.717) is 0 Å². The minimum absolute atomic E-state index is 0.934. The van der Waals surface area contributed by atoms with Gasteiger partial charge in [-0.05, 0) is 12.5 Å². The van der Waals surface area contributed by atoms with Gasteiger partial charge in [0.2, 0.25) is 0 Å². The minimum atomic E-state index is 0.934. The summed E-state index contributed by atoms with van der Waals surface area (Å²) in [5.74, 6) is 0. The fourth-order valence-electron chi connectivity index (χ4n) is 0.833. The quantitative estimate of drug-likeness (QED) is 0.531. The average molecular weight is 145 g/mol. The third-order valence-electron chi connectivity index (χ3n) is 1.37. The Morgan fingerprint density at radius 3 is 2.60 bits per heavy atom. The summed E-state index contributed by atoms with van der Waals surface area (Å²) >= 11 is 0. The highest BCUT2D eigenvalue weighted by molar-refractivity contribution is 6.41. The van der Waals surface area contributed by atoms with Crippen molar-refractivity contribution in [2.45, 2.75) is 6.92 Å². The molecular formula is C9H9Si. The number of hydrogen-bond donors (Lipinski definition) is 0. The van der Waals surface area contributed by atoms with Crippen LogP contribution in [0.3, 0.4) is 0 Å². The Hall–Kier alpha value is -0.823. The molecule has 0 atom stereocenters. The van der Waals surface area contributed by atoms with Crippen LogP contribution in [0.5, 0.6) is 0 Å². The molecule has 0 saturated carbocycles. The van der Waals surface area contributed by atoms with Crippen LogP contribution in [0.2, 0.25) is 0 Å². The van der Waals surface area contributed by atoms with Crippen molar-refractivity contribution in [3.8, 4) is 0 Å². The highest BCUT2D eigenvalue weighted by Crippen LogP contribution is 2.09. The predicted molar refractivity (Wildman–Crippen MR) is 46.0 cm³/mol. The molecule has 0 fully saturated rings. The van der Waals surface area contributed by atoms with Crippen LogP contribution in [-0.2, 0) is 0 Å². The lowest BCUT2D eigenvalue weighted by Crippen LogP contribution is -1.81. The Morgan fingerprint density at radius 2 is 2.20 bits per heavy atom. The lowest BCUT2D eigenvalue weighted by atomic mass is 10.1. The van der Waals surface area contributed by atoms with Crippen molar-refractivity contribution in [1.29, 1.82) is 0 Å². The average Bonchev–Trinajstić information content (AvgIpc) is 1.88. The van der Waals surface area contributed by atoms with Crippen molar-refractivity contribution >= 4 is 15.4 Å². The summed E-state index contributed by atoms with van der Waals surface area (Å²) in [5.41, 5.74) is 2.41. The zero-order valence-electron chi connectivity index (χ0n) is 6.02. The van der Waals surface area contributed by atoms with Gasteiger partial charge in [0.15, 0.2) is 0 Å². The van der Waals surface area contributed by atoms with Gasteiger partial charge in [0.1, 0.15) is 0 Å². The monoisotopic (exact) mass is 145 g/mol. The van der Waals surface area contributed by atoms with Crippen LogP contribution in [0, 0.1) is 6.92 Å². The molecule has 0 spiro atoms. The Labute approximate surface area is 65.0 Å². The number of benzene rings is 1. The van der Waals surface area contributed by atoms with E-state index < -0.39 is 0 Å². The van der Waals surface area contributed by atoms with Gasteiger partial charge in [0.25, 0.3) is 0 Å². The zero-order valence-corrected chi connectivity index (χ0v) is 7.02.